The summed E-state index contributed by atoms with van der Waals surface area (Å²) < 4.78 is 0. The number of amides is 11. The molecule has 93 heavy (non-hydrogen) atoms. The second kappa shape index (κ2) is 43.0. The monoisotopic (exact) mass is 1350 g/mol. The molecule has 0 unspecified atom stereocenters. The summed E-state index contributed by atoms with van der Waals surface area (Å²) in [4.78, 5) is 197. The third kappa shape index (κ3) is 30.8. The highest BCUT2D eigenvalue weighted by Gasteiger charge is 2.37. The van der Waals surface area contributed by atoms with Crippen molar-refractivity contribution in [2.75, 3.05) is 50.3 Å². The second-order valence-electron chi connectivity index (χ2n) is 20.9. The maximum Gasteiger partial charge on any atom is 0.326 e. The van der Waals surface area contributed by atoms with Crippen LogP contribution >= 0.6 is 23.5 Å². The Kier molecular flexibility index (Phi) is 37.0. The summed E-state index contributed by atoms with van der Waals surface area (Å²) in [6, 6.07) is -2.22. The molecule has 21 N–H and O–H groups in total. The van der Waals surface area contributed by atoms with Crippen LogP contribution in [0.15, 0.2) is 60.7 Å². The molecule has 0 spiro atoms. The standard InChI is InChI=1S/C57H83N13O21S2/c1-30(47(80)64-36(57(90)91)16-10-11-19-58)61-50(83)35(18-21-93-3)63-53(86)38(24-44(74)75)68-54(87)39(25-45(76)77)67-52(85)37(23-32-14-8-5-9-15-32)65-56(89)42(29-72)70-55(88)40(26-46(78)79)66-51(84)34(17-20-92-2)62-43(73)27-60-49(82)41(28-71)69-48(81)33(59)22-31-12-6-4-7-13-31/h4-9,12-15,30,33-42,71-72H,10-11,16-29,58-59H2,1-3H3,(H,60,82)(H,61,83)(H,62,73)(H,63,86)(H,64,80)(H,65,89)(H,66,84)(H,67,85)(H,68,87)(H,69,81)(H,70,88)(H,74,75)(H,76,77)(H,78,79)(H,90,91)/t30-,33-,34-,35-,36-,37-,38-,39-,40-,41-,42-/m0/s1. The van der Waals surface area contributed by atoms with E-state index < -0.39 is 201 Å². The number of carbonyl (C=O) groups excluding carboxylic acids is 11. The summed E-state index contributed by atoms with van der Waals surface area (Å²) in [6.45, 7) is -1.46. The topological polar surface area (TPSA) is 562 Å². The quantitative estimate of drug-likeness (QED) is 0.0274. The van der Waals surface area contributed by atoms with E-state index in [2.05, 4.69) is 58.5 Å². The van der Waals surface area contributed by atoms with Gasteiger partial charge in [0.05, 0.1) is 45.1 Å². The Morgan fingerprint density at radius 3 is 1.23 bits per heavy atom. The molecule has 514 valence electrons. The minimum atomic E-state index is -2.15. The van der Waals surface area contributed by atoms with Crippen molar-refractivity contribution in [3.05, 3.63) is 71.8 Å². The molecule has 0 aliphatic heterocycles. The smallest absolute Gasteiger partial charge is 0.326 e. The van der Waals surface area contributed by atoms with Crippen LogP contribution in [0.4, 0.5) is 0 Å². The minimum absolute atomic E-state index is 0.0259. The van der Waals surface area contributed by atoms with E-state index in [1.165, 1.54) is 54.7 Å². The third-order valence-electron chi connectivity index (χ3n) is 13.5. The van der Waals surface area contributed by atoms with Gasteiger partial charge in [-0.25, -0.2) is 4.79 Å². The molecule has 34 nitrogen and oxygen atoms in total. The number of aliphatic hydroxyl groups excluding tert-OH is 2. The number of aliphatic carboxylic acids is 4. The van der Waals surface area contributed by atoms with E-state index in [-0.39, 0.29) is 43.7 Å². The van der Waals surface area contributed by atoms with Gasteiger partial charge in [-0.3, -0.25) is 67.1 Å². The van der Waals surface area contributed by atoms with Crippen LogP contribution in [0.2, 0.25) is 0 Å². The first-order chi connectivity index (χ1) is 44.1. The molecule has 11 amide bonds. The number of hydrogen-bond acceptors (Lipinski definition) is 21. The molecular weight excluding hydrogens is 1270 g/mol. The van der Waals surface area contributed by atoms with Crippen LogP contribution in [0.5, 0.6) is 0 Å². The summed E-state index contributed by atoms with van der Waals surface area (Å²) in [5.41, 5.74) is 12.5. The van der Waals surface area contributed by atoms with Crippen LogP contribution < -0.4 is 70.0 Å². The number of benzene rings is 2. The van der Waals surface area contributed by atoms with Gasteiger partial charge in [-0.2, -0.15) is 23.5 Å². The van der Waals surface area contributed by atoms with E-state index in [4.69, 9.17) is 11.5 Å². The molecule has 0 aliphatic carbocycles. The molecule has 0 aromatic heterocycles. The molecule has 2 rings (SSSR count). The maximum atomic E-state index is 14.2. The number of hydrogen-bond donors (Lipinski definition) is 19. The van der Waals surface area contributed by atoms with E-state index in [0.717, 1.165) is 5.56 Å². The molecule has 2 aromatic rings. The number of carboxylic acid groups (broad SMARTS) is 4. The number of nitrogens with one attached hydrogen (secondary N) is 11. The SMILES string of the molecule is CSCC[C@H](NC(=O)CNC(=O)[C@H](CO)NC(=O)[C@@H](N)Cc1ccccc1)C(=O)N[C@@H](CC(=O)O)C(=O)N[C@@H](CO)C(=O)N[C@@H](Cc1ccccc1)C(=O)N[C@@H](CC(=O)O)C(=O)N[C@@H](CC(=O)O)C(=O)N[C@@H](CCSC)C(=O)N[C@@H](C)C(=O)N[C@@H](CCCCN)C(=O)O. The van der Waals surface area contributed by atoms with E-state index in [0.29, 0.717) is 18.4 Å². The van der Waals surface area contributed by atoms with Crippen molar-refractivity contribution in [3.8, 4) is 0 Å². The number of unbranched alkanes of at least 4 members (excludes halogenated alkanes) is 1. The van der Waals surface area contributed by atoms with Gasteiger partial charge < -0.3 is 101 Å². The van der Waals surface area contributed by atoms with Gasteiger partial charge in [-0.15, -0.1) is 0 Å². The third-order valence-corrected chi connectivity index (χ3v) is 14.7. The van der Waals surface area contributed by atoms with E-state index in [9.17, 15) is 103 Å². The van der Waals surface area contributed by atoms with Crippen LogP contribution in [0.25, 0.3) is 0 Å². The highest BCUT2D eigenvalue weighted by atomic mass is 32.2. The number of aliphatic hydroxyl groups is 2. The van der Waals surface area contributed by atoms with E-state index >= 15 is 0 Å². The largest absolute Gasteiger partial charge is 0.481 e. The van der Waals surface area contributed by atoms with Gasteiger partial charge >= 0.3 is 23.9 Å². The maximum absolute atomic E-state index is 14.2. The van der Waals surface area contributed by atoms with Gasteiger partial charge in [0.15, 0.2) is 0 Å². The van der Waals surface area contributed by atoms with Crippen molar-refractivity contribution in [1.29, 1.82) is 0 Å². The highest BCUT2D eigenvalue weighted by Crippen LogP contribution is 2.11. The summed E-state index contributed by atoms with van der Waals surface area (Å²) in [7, 11) is 0. The first-order valence-corrected chi connectivity index (χ1v) is 31.8. The highest BCUT2D eigenvalue weighted by molar-refractivity contribution is 7.98. The lowest BCUT2D eigenvalue weighted by Crippen LogP contribution is -2.61. The summed E-state index contributed by atoms with van der Waals surface area (Å²) in [6.07, 6.45) is -0.0282. The molecule has 2 aromatic carbocycles. The number of nitrogens with two attached hydrogens (primary N) is 2. The Labute approximate surface area is 542 Å². The van der Waals surface area contributed by atoms with Crippen molar-refractivity contribution in [2.45, 2.75) is 138 Å². The van der Waals surface area contributed by atoms with Crippen molar-refractivity contribution >= 4 is 112 Å². The average Bonchev–Trinajstić information content (AvgIpc) is 1.10. The molecule has 36 heteroatoms. The normalized spacial score (nSPS) is 14.4. The molecular formula is C57H83N13O21S2. The first kappa shape index (κ1) is 80.1. The van der Waals surface area contributed by atoms with Crippen molar-refractivity contribution in [3.63, 3.8) is 0 Å². The fraction of sp³-hybridized carbons (Fsp3) is 0.526. The predicted octanol–water partition coefficient (Wildman–Crippen LogP) is -6.09. The predicted molar refractivity (Wildman–Crippen MR) is 334 cm³/mol. The van der Waals surface area contributed by atoms with Crippen LogP contribution in [0, 0.1) is 0 Å². The van der Waals surface area contributed by atoms with Gasteiger partial charge in [-0.1, -0.05) is 60.7 Å². The lowest BCUT2D eigenvalue weighted by atomic mass is 10.0. The van der Waals surface area contributed by atoms with Gasteiger partial charge in [0.1, 0.15) is 60.4 Å². The Balaban J connectivity index is 2.33. The molecule has 0 bridgehead atoms. The van der Waals surface area contributed by atoms with Gasteiger partial charge in [0.2, 0.25) is 65.0 Å². The fourth-order valence-electron chi connectivity index (χ4n) is 8.44. The zero-order valence-corrected chi connectivity index (χ0v) is 52.8. The molecule has 0 saturated carbocycles. The Morgan fingerprint density at radius 1 is 0.419 bits per heavy atom. The van der Waals surface area contributed by atoms with Gasteiger partial charge in [0, 0.05) is 6.42 Å². The minimum Gasteiger partial charge on any atom is -0.481 e. The van der Waals surface area contributed by atoms with Crippen molar-refractivity contribution in [2.24, 2.45) is 11.5 Å². The summed E-state index contributed by atoms with van der Waals surface area (Å²) >= 11 is 2.44. The number of carbonyl (C=O) groups is 15. The number of rotatable bonds is 45. The van der Waals surface area contributed by atoms with Crippen LogP contribution in [-0.4, -0.2) is 236 Å². The zero-order chi connectivity index (χ0) is 69.7. The summed E-state index contributed by atoms with van der Waals surface area (Å²) in [5, 5.41) is 83.8. The molecule has 0 saturated heterocycles. The first-order valence-electron chi connectivity index (χ1n) is 29.0. The van der Waals surface area contributed by atoms with Crippen LogP contribution in [0.3, 0.4) is 0 Å². The van der Waals surface area contributed by atoms with Crippen LogP contribution in [-0.2, 0) is 84.8 Å². The molecule has 0 aliphatic rings. The lowest BCUT2D eigenvalue weighted by Gasteiger charge is -2.27. The fourth-order valence-corrected chi connectivity index (χ4v) is 9.39. The average molecular weight is 1350 g/mol. The molecule has 0 heterocycles. The lowest BCUT2D eigenvalue weighted by molar-refractivity contribution is -0.143. The Hall–Kier alpha value is -8.97. The second-order valence-corrected chi connectivity index (χ2v) is 22.9. The number of thioether (sulfide) groups is 2. The summed E-state index contributed by atoms with van der Waals surface area (Å²) in [5.74, 6) is -18.6. The van der Waals surface area contributed by atoms with Crippen LogP contribution in [0.1, 0.15) is 69.4 Å². The van der Waals surface area contributed by atoms with E-state index in [1.807, 2.05) is 0 Å². The Morgan fingerprint density at radius 2 is 0.785 bits per heavy atom. The molecule has 0 radical (unpaired) electrons. The van der Waals surface area contributed by atoms with Crippen molar-refractivity contribution in [1.82, 2.24) is 58.5 Å². The van der Waals surface area contributed by atoms with E-state index in [1.54, 1.807) is 48.9 Å². The number of carboxylic acids is 4. The molecule has 0 fully saturated rings. The van der Waals surface area contributed by atoms with Gasteiger partial charge in [-0.05, 0) is 87.1 Å². The van der Waals surface area contributed by atoms with Crippen molar-refractivity contribution < 1.29 is 103 Å². The van der Waals surface area contributed by atoms with Gasteiger partial charge in [0.25, 0.3) is 0 Å². The zero-order valence-electron chi connectivity index (χ0n) is 51.2. The Bertz CT molecular complexity index is 2880. The molecule has 11 atom stereocenters.